The first kappa shape index (κ1) is 17.8. The molecule has 1 unspecified atom stereocenters. The van der Waals surface area contributed by atoms with E-state index >= 15 is 0 Å². The molecule has 0 radical (unpaired) electrons. The summed E-state index contributed by atoms with van der Waals surface area (Å²) in [5.41, 5.74) is 0. The maximum absolute atomic E-state index is 12.3. The molecule has 0 spiro atoms. The van der Waals surface area contributed by atoms with Crippen LogP contribution >= 0.6 is 0 Å². The number of nitrogens with zero attached hydrogens (tertiary/aromatic N) is 1. The van der Waals surface area contributed by atoms with Gasteiger partial charge in [-0.2, -0.15) is 13.2 Å². The molecule has 0 aromatic rings. The van der Waals surface area contributed by atoms with Crippen LogP contribution in [-0.4, -0.2) is 42.8 Å². The number of alkyl halides is 3. The number of likely N-dealkylation sites (tertiary alicyclic amines) is 1. The Morgan fingerprint density at radius 2 is 1.70 bits per heavy atom. The first-order valence-corrected chi connectivity index (χ1v) is 7.81. The third-order valence-electron chi connectivity index (χ3n) is 3.93. The van der Waals surface area contributed by atoms with Gasteiger partial charge in [0.2, 0.25) is 0 Å². The Bertz CT molecular complexity index is 258. The van der Waals surface area contributed by atoms with Gasteiger partial charge in [0.05, 0.1) is 6.54 Å². The van der Waals surface area contributed by atoms with Crippen molar-refractivity contribution in [3.8, 4) is 0 Å². The summed E-state index contributed by atoms with van der Waals surface area (Å²) in [4.78, 5) is 1.52. The summed E-state index contributed by atoms with van der Waals surface area (Å²) < 4.78 is 36.9. The van der Waals surface area contributed by atoms with Crippen LogP contribution in [0, 0.1) is 5.92 Å². The van der Waals surface area contributed by atoms with Gasteiger partial charge in [-0.05, 0) is 45.2 Å². The zero-order chi connectivity index (χ0) is 15.2. The van der Waals surface area contributed by atoms with E-state index in [4.69, 9.17) is 0 Å². The third-order valence-corrected chi connectivity index (χ3v) is 3.93. The lowest BCUT2D eigenvalue weighted by atomic mass is 10.0. The van der Waals surface area contributed by atoms with E-state index in [1.54, 1.807) is 0 Å². The van der Waals surface area contributed by atoms with E-state index in [2.05, 4.69) is 26.1 Å². The first-order chi connectivity index (χ1) is 9.26. The number of hydrogen-bond acceptors (Lipinski definition) is 2. The molecule has 0 aromatic heterocycles. The van der Waals surface area contributed by atoms with Crippen molar-refractivity contribution in [2.24, 2.45) is 5.92 Å². The minimum Gasteiger partial charge on any atom is -0.311 e. The van der Waals surface area contributed by atoms with Crippen molar-refractivity contribution in [3.63, 3.8) is 0 Å². The first-order valence-electron chi connectivity index (χ1n) is 7.81. The number of piperidine rings is 1. The Hall–Kier alpha value is -0.290. The molecule has 0 saturated carbocycles. The van der Waals surface area contributed by atoms with Crippen molar-refractivity contribution in [2.75, 3.05) is 19.6 Å². The van der Waals surface area contributed by atoms with E-state index in [1.165, 1.54) is 17.7 Å². The van der Waals surface area contributed by atoms with Gasteiger partial charge >= 0.3 is 6.18 Å². The molecule has 1 fully saturated rings. The lowest BCUT2D eigenvalue weighted by Gasteiger charge is -2.34. The second-order valence-electron chi connectivity index (χ2n) is 6.56. The van der Waals surface area contributed by atoms with Gasteiger partial charge in [0.15, 0.2) is 0 Å². The largest absolute Gasteiger partial charge is 0.401 e. The third kappa shape index (κ3) is 8.10. The van der Waals surface area contributed by atoms with Crippen LogP contribution in [-0.2, 0) is 0 Å². The van der Waals surface area contributed by atoms with Crippen LogP contribution in [0.1, 0.15) is 52.9 Å². The Morgan fingerprint density at radius 1 is 1.10 bits per heavy atom. The van der Waals surface area contributed by atoms with Gasteiger partial charge in [-0.15, -0.1) is 0 Å². The Balaban J connectivity index is 2.15. The molecule has 1 rings (SSSR count). The highest BCUT2D eigenvalue weighted by molar-refractivity contribution is 4.80. The van der Waals surface area contributed by atoms with E-state index in [9.17, 15) is 13.2 Å². The predicted molar refractivity (Wildman–Crippen MR) is 76.8 cm³/mol. The molecule has 120 valence electrons. The van der Waals surface area contributed by atoms with Crippen LogP contribution in [0.25, 0.3) is 0 Å². The van der Waals surface area contributed by atoms with Crippen LogP contribution in [0.15, 0.2) is 0 Å². The fourth-order valence-electron chi connectivity index (χ4n) is 2.83. The van der Waals surface area contributed by atoms with Gasteiger partial charge in [0.25, 0.3) is 0 Å². The zero-order valence-electron chi connectivity index (χ0n) is 13.0. The maximum Gasteiger partial charge on any atom is 0.401 e. The molecule has 0 bridgehead atoms. The fourth-order valence-corrected chi connectivity index (χ4v) is 2.83. The second kappa shape index (κ2) is 8.23. The van der Waals surface area contributed by atoms with Crippen LogP contribution in [0.5, 0.6) is 0 Å². The molecule has 1 N–H and O–H groups in total. The highest BCUT2D eigenvalue weighted by Crippen LogP contribution is 2.20. The molecule has 0 aliphatic carbocycles. The van der Waals surface area contributed by atoms with Crippen LogP contribution in [0.3, 0.4) is 0 Å². The topological polar surface area (TPSA) is 15.3 Å². The van der Waals surface area contributed by atoms with Crippen molar-refractivity contribution >= 4 is 0 Å². The quantitative estimate of drug-likeness (QED) is 0.768. The van der Waals surface area contributed by atoms with Crippen molar-refractivity contribution < 1.29 is 13.2 Å². The minimum absolute atomic E-state index is 0.383. The van der Waals surface area contributed by atoms with Gasteiger partial charge in [-0.3, -0.25) is 4.90 Å². The molecular weight excluding hydrogens is 265 g/mol. The Kier molecular flexibility index (Phi) is 7.30. The molecule has 5 heteroatoms. The maximum atomic E-state index is 12.3. The normalized spacial score (nSPS) is 20.6. The Labute approximate surface area is 121 Å². The molecular formula is C15H29F3N2. The zero-order valence-corrected chi connectivity index (χ0v) is 13.0. The van der Waals surface area contributed by atoms with Crippen LogP contribution in [0.4, 0.5) is 13.2 Å². The molecule has 1 atom stereocenters. The SMILES string of the molecule is CC(C)CCCC(C)NC1CCN(CC(F)(F)F)CC1. The highest BCUT2D eigenvalue weighted by atomic mass is 19.4. The van der Waals surface area contributed by atoms with E-state index in [0.29, 0.717) is 25.2 Å². The molecule has 1 heterocycles. The molecule has 0 aromatic carbocycles. The molecule has 0 amide bonds. The lowest BCUT2D eigenvalue weighted by Crippen LogP contribution is -2.47. The standard InChI is InChI=1S/C15H29F3N2/c1-12(2)5-4-6-13(3)19-14-7-9-20(10-8-14)11-15(16,17)18/h12-14,19H,4-11H2,1-3H3. The molecule has 1 aliphatic rings. The monoisotopic (exact) mass is 294 g/mol. The average Bonchev–Trinajstić information content (AvgIpc) is 2.29. The van der Waals surface area contributed by atoms with Crippen molar-refractivity contribution in [1.29, 1.82) is 0 Å². The highest BCUT2D eigenvalue weighted by Gasteiger charge is 2.32. The summed E-state index contributed by atoms with van der Waals surface area (Å²) in [6.07, 6.45) is 1.20. The molecule has 1 aliphatic heterocycles. The average molecular weight is 294 g/mol. The number of halogens is 3. The molecule has 2 nitrogen and oxygen atoms in total. The Morgan fingerprint density at radius 3 is 2.20 bits per heavy atom. The number of rotatable bonds is 7. The van der Waals surface area contributed by atoms with Crippen molar-refractivity contribution in [3.05, 3.63) is 0 Å². The number of nitrogens with one attached hydrogen (secondary N) is 1. The van der Waals surface area contributed by atoms with Gasteiger partial charge in [-0.1, -0.05) is 26.7 Å². The summed E-state index contributed by atoms with van der Waals surface area (Å²) in [6, 6.07) is 0.849. The molecule has 20 heavy (non-hydrogen) atoms. The predicted octanol–water partition coefficient (Wildman–Crippen LogP) is 3.82. The van der Waals surface area contributed by atoms with E-state index in [0.717, 1.165) is 25.2 Å². The lowest BCUT2D eigenvalue weighted by molar-refractivity contribution is -0.148. The van der Waals surface area contributed by atoms with E-state index < -0.39 is 12.7 Å². The number of hydrogen-bond donors (Lipinski definition) is 1. The summed E-state index contributed by atoms with van der Waals surface area (Å²) >= 11 is 0. The van der Waals surface area contributed by atoms with Gasteiger partial charge in [-0.25, -0.2) is 0 Å². The van der Waals surface area contributed by atoms with E-state index in [1.807, 2.05) is 0 Å². The van der Waals surface area contributed by atoms with E-state index in [-0.39, 0.29) is 0 Å². The fraction of sp³-hybridized carbons (Fsp3) is 1.00. The van der Waals surface area contributed by atoms with Crippen LogP contribution in [0.2, 0.25) is 0 Å². The second-order valence-corrected chi connectivity index (χ2v) is 6.56. The van der Waals surface area contributed by atoms with Gasteiger partial charge < -0.3 is 5.32 Å². The van der Waals surface area contributed by atoms with Crippen molar-refractivity contribution in [1.82, 2.24) is 10.2 Å². The summed E-state index contributed by atoms with van der Waals surface area (Å²) in [7, 11) is 0. The summed E-state index contributed by atoms with van der Waals surface area (Å²) in [5, 5.41) is 3.57. The van der Waals surface area contributed by atoms with Crippen LogP contribution < -0.4 is 5.32 Å². The minimum atomic E-state index is -4.07. The summed E-state index contributed by atoms with van der Waals surface area (Å²) in [6.45, 7) is 6.99. The van der Waals surface area contributed by atoms with Gasteiger partial charge in [0.1, 0.15) is 0 Å². The van der Waals surface area contributed by atoms with Gasteiger partial charge in [0, 0.05) is 12.1 Å². The van der Waals surface area contributed by atoms with Crippen molar-refractivity contribution in [2.45, 2.75) is 71.1 Å². The summed E-state index contributed by atoms with van der Waals surface area (Å²) in [5.74, 6) is 0.743. The molecule has 1 saturated heterocycles. The smallest absolute Gasteiger partial charge is 0.311 e.